The Bertz CT molecular complexity index is 158. The highest BCUT2D eigenvalue weighted by atomic mass is 79.9. The van der Waals surface area contributed by atoms with Crippen molar-refractivity contribution >= 4 is 15.9 Å². The van der Waals surface area contributed by atoms with Crippen molar-refractivity contribution in [2.45, 2.75) is 70.7 Å². The summed E-state index contributed by atoms with van der Waals surface area (Å²) in [6, 6.07) is 0. The van der Waals surface area contributed by atoms with E-state index in [1.54, 1.807) is 0 Å². The molecule has 0 saturated carbocycles. The Hall–Kier alpha value is 0.400. The normalized spacial score (nSPS) is 23.2. The first-order valence-electron chi connectivity index (χ1n) is 6.66. The third-order valence-electron chi connectivity index (χ3n) is 3.02. The van der Waals surface area contributed by atoms with Crippen LogP contribution in [0.4, 0.5) is 0 Å². The fourth-order valence-corrected chi connectivity index (χ4v) is 2.42. The summed E-state index contributed by atoms with van der Waals surface area (Å²) >= 11 is 3.45. The van der Waals surface area contributed by atoms with Crippen LogP contribution in [0.25, 0.3) is 0 Å². The summed E-state index contributed by atoms with van der Waals surface area (Å²) in [6.45, 7) is 3.05. The van der Waals surface area contributed by atoms with E-state index in [-0.39, 0.29) is 6.29 Å². The largest absolute Gasteiger partial charge is 0.353 e. The van der Waals surface area contributed by atoms with E-state index >= 15 is 0 Å². The van der Waals surface area contributed by atoms with E-state index in [1.165, 1.54) is 44.9 Å². The summed E-state index contributed by atoms with van der Waals surface area (Å²) in [6.07, 6.45) is 10.3. The lowest BCUT2D eigenvalue weighted by molar-refractivity contribution is -0.185. The number of alkyl halides is 1. The minimum Gasteiger partial charge on any atom is -0.353 e. The summed E-state index contributed by atoms with van der Waals surface area (Å²) in [5, 5.41) is 1.13. The second kappa shape index (κ2) is 9.43. The predicted molar refractivity (Wildman–Crippen MR) is 71.0 cm³/mol. The molecule has 0 aromatic heterocycles. The van der Waals surface area contributed by atoms with E-state index < -0.39 is 0 Å². The van der Waals surface area contributed by atoms with Gasteiger partial charge in [-0.25, -0.2) is 0 Å². The lowest BCUT2D eigenvalue weighted by atomic mass is 10.1. The summed E-state index contributed by atoms with van der Waals surface area (Å²) in [7, 11) is 0. The van der Waals surface area contributed by atoms with Crippen molar-refractivity contribution < 1.29 is 9.47 Å². The molecule has 1 aliphatic heterocycles. The van der Waals surface area contributed by atoms with Gasteiger partial charge in [-0.05, 0) is 39.0 Å². The van der Waals surface area contributed by atoms with Gasteiger partial charge in [0.2, 0.25) is 0 Å². The van der Waals surface area contributed by atoms with Gasteiger partial charge in [0.1, 0.15) is 0 Å². The van der Waals surface area contributed by atoms with Gasteiger partial charge >= 0.3 is 0 Å². The van der Waals surface area contributed by atoms with Crippen molar-refractivity contribution in [2.75, 3.05) is 11.9 Å². The van der Waals surface area contributed by atoms with Crippen LogP contribution < -0.4 is 0 Å². The van der Waals surface area contributed by atoms with E-state index in [2.05, 4.69) is 22.9 Å². The van der Waals surface area contributed by atoms with Crippen LogP contribution in [0.1, 0.15) is 58.3 Å². The molecule has 2 unspecified atom stereocenters. The van der Waals surface area contributed by atoms with E-state index in [0.717, 1.165) is 18.4 Å². The zero-order chi connectivity index (χ0) is 11.6. The highest BCUT2D eigenvalue weighted by Crippen LogP contribution is 2.17. The van der Waals surface area contributed by atoms with Crippen molar-refractivity contribution in [1.82, 2.24) is 0 Å². The van der Waals surface area contributed by atoms with Gasteiger partial charge in [-0.1, -0.05) is 35.2 Å². The zero-order valence-corrected chi connectivity index (χ0v) is 12.0. The smallest absolute Gasteiger partial charge is 0.157 e. The SMILES string of the molecule is CC(CCCCCCBr)OC1CCCCO1. The van der Waals surface area contributed by atoms with Gasteiger partial charge in [0, 0.05) is 11.9 Å². The molecule has 0 spiro atoms. The number of hydrogen-bond acceptors (Lipinski definition) is 2. The third-order valence-corrected chi connectivity index (χ3v) is 3.58. The molecule has 2 nitrogen and oxygen atoms in total. The Kier molecular flexibility index (Phi) is 8.52. The van der Waals surface area contributed by atoms with Gasteiger partial charge in [0.25, 0.3) is 0 Å². The number of hydrogen-bond donors (Lipinski definition) is 0. The molecule has 0 aromatic rings. The molecular formula is C13H25BrO2. The second-order valence-electron chi connectivity index (χ2n) is 4.63. The predicted octanol–water partition coefficient (Wildman–Crippen LogP) is 4.26. The van der Waals surface area contributed by atoms with Crippen LogP contribution >= 0.6 is 15.9 Å². The van der Waals surface area contributed by atoms with E-state index in [0.29, 0.717) is 6.10 Å². The summed E-state index contributed by atoms with van der Waals surface area (Å²) in [4.78, 5) is 0. The van der Waals surface area contributed by atoms with Gasteiger partial charge < -0.3 is 9.47 Å². The summed E-state index contributed by atoms with van der Waals surface area (Å²) < 4.78 is 11.4. The van der Waals surface area contributed by atoms with Crippen molar-refractivity contribution in [3.8, 4) is 0 Å². The minimum atomic E-state index is 0.0753. The molecule has 1 rings (SSSR count). The fraction of sp³-hybridized carbons (Fsp3) is 1.00. The van der Waals surface area contributed by atoms with Crippen molar-refractivity contribution in [3.05, 3.63) is 0 Å². The number of rotatable bonds is 8. The molecular weight excluding hydrogens is 268 g/mol. The molecule has 3 heteroatoms. The molecule has 96 valence electrons. The molecule has 0 amide bonds. The molecule has 0 bridgehead atoms. The van der Waals surface area contributed by atoms with Gasteiger partial charge in [0.05, 0.1) is 6.10 Å². The van der Waals surface area contributed by atoms with Crippen molar-refractivity contribution in [2.24, 2.45) is 0 Å². The van der Waals surface area contributed by atoms with E-state index in [1.807, 2.05) is 0 Å². The van der Waals surface area contributed by atoms with Crippen LogP contribution in [-0.2, 0) is 9.47 Å². The Morgan fingerprint density at radius 3 is 2.75 bits per heavy atom. The molecule has 1 heterocycles. The first-order valence-corrected chi connectivity index (χ1v) is 7.78. The maximum Gasteiger partial charge on any atom is 0.157 e. The highest BCUT2D eigenvalue weighted by molar-refractivity contribution is 9.09. The average molecular weight is 293 g/mol. The summed E-state index contributed by atoms with van der Waals surface area (Å²) in [5.74, 6) is 0. The molecule has 0 aromatic carbocycles. The molecule has 0 N–H and O–H groups in total. The Morgan fingerprint density at radius 1 is 1.25 bits per heavy atom. The van der Waals surface area contributed by atoms with Gasteiger partial charge in [0.15, 0.2) is 6.29 Å². The molecule has 1 saturated heterocycles. The van der Waals surface area contributed by atoms with Crippen LogP contribution in [0.5, 0.6) is 0 Å². The first-order chi connectivity index (χ1) is 7.83. The number of unbranched alkanes of at least 4 members (excludes halogenated alkanes) is 3. The van der Waals surface area contributed by atoms with Crippen LogP contribution in [0.2, 0.25) is 0 Å². The standard InChI is InChI=1S/C13H25BrO2/c1-12(8-4-2-3-6-10-14)16-13-9-5-7-11-15-13/h12-13H,2-11H2,1H3. The first kappa shape index (κ1) is 14.5. The number of ether oxygens (including phenoxy) is 2. The van der Waals surface area contributed by atoms with E-state index in [4.69, 9.17) is 9.47 Å². The van der Waals surface area contributed by atoms with Gasteiger partial charge in [-0.2, -0.15) is 0 Å². The van der Waals surface area contributed by atoms with Gasteiger partial charge in [-0.15, -0.1) is 0 Å². The van der Waals surface area contributed by atoms with Crippen molar-refractivity contribution in [3.63, 3.8) is 0 Å². The minimum absolute atomic E-state index is 0.0753. The lowest BCUT2D eigenvalue weighted by Crippen LogP contribution is -2.26. The lowest BCUT2D eigenvalue weighted by Gasteiger charge is -2.26. The summed E-state index contributed by atoms with van der Waals surface area (Å²) in [5.41, 5.74) is 0. The maximum atomic E-state index is 5.87. The van der Waals surface area contributed by atoms with Crippen LogP contribution in [-0.4, -0.2) is 24.3 Å². The van der Waals surface area contributed by atoms with E-state index in [9.17, 15) is 0 Å². The van der Waals surface area contributed by atoms with Crippen LogP contribution in [0.3, 0.4) is 0 Å². The van der Waals surface area contributed by atoms with Crippen molar-refractivity contribution in [1.29, 1.82) is 0 Å². The third kappa shape index (κ3) is 6.87. The van der Waals surface area contributed by atoms with Crippen LogP contribution in [0, 0.1) is 0 Å². The fourth-order valence-electron chi connectivity index (χ4n) is 2.03. The number of halogens is 1. The molecule has 0 aliphatic carbocycles. The molecule has 0 radical (unpaired) electrons. The topological polar surface area (TPSA) is 18.5 Å². The van der Waals surface area contributed by atoms with Crippen LogP contribution in [0.15, 0.2) is 0 Å². The Morgan fingerprint density at radius 2 is 2.06 bits per heavy atom. The zero-order valence-electron chi connectivity index (χ0n) is 10.4. The molecule has 16 heavy (non-hydrogen) atoms. The monoisotopic (exact) mass is 292 g/mol. The molecule has 1 fully saturated rings. The Balaban J connectivity index is 1.95. The Labute approximate surface area is 108 Å². The molecule has 1 aliphatic rings. The quantitative estimate of drug-likeness (QED) is 0.491. The maximum absolute atomic E-state index is 5.87. The second-order valence-corrected chi connectivity index (χ2v) is 5.43. The highest BCUT2D eigenvalue weighted by Gasteiger charge is 2.16. The average Bonchev–Trinajstić information content (AvgIpc) is 2.30. The molecule has 2 atom stereocenters. The van der Waals surface area contributed by atoms with Gasteiger partial charge in [-0.3, -0.25) is 0 Å².